The van der Waals surface area contributed by atoms with Crippen molar-refractivity contribution < 1.29 is 9.53 Å². The fraction of sp³-hybridized carbons (Fsp3) is 0.533. The zero-order chi connectivity index (χ0) is 15.1. The van der Waals surface area contributed by atoms with Gasteiger partial charge in [0.05, 0.1) is 23.3 Å². The normalized spacial score (nSPS) is 15.9. The van der Waals surface area contributed by atoms with Gasteiger partial charge in [0.1, 0.15) is 0 Å². The number of carbonyl (C=O) groups excluding carboxylic acids is 1. The van der Waals surface area contributed by atoms with E-state index in [4.69, 9.17) is 27.9 Å². The summed E-state index contributed by atoms with van der Waals surface area (Å²) in [6.07, 6.45) is 1.13. The summed E-state index contributed by atoms with van der Waals surface area (Å²) in [6.45, 7) is 5.01. The second-order valence-corrected chi connectivity index (χ2v) is 5.87. The number of nitrogens with one attached hydrogen (secondary N) is 1. The van der Waals surface area contributed by atoms with Gasteiger partial charge in [0.25, 0.3) is 0 Å². The third-order valence-corrected chi connectivity index (χ3v) is 4.22. The van der Waals surface area contributed by atoms with E-state index in [0.29, 0.717) is 29.4 Å². The van der Waals surface area contributed by atoms with Crippen LogP contribution < -0.4 is 5.32 Å². The quantitative estimate of drug-likeness (QED) is 0.870. The van der Waals surface area contributed by atoms with Crippen LogP contribution in [0.5, 0.6) is 0 Å². The number of nitrogens with zero attached hydrogens (tertiary/aromatic N) is 1. The largest absolute Gasteiger partial charge is 0.379 e. The number of aryl methyl sites for hydroxylation is 1. The van der Waals surface area contributed by atoms with Gasteiger partial charge in [0, 0.05) is 32.6 Å². The van der Waals surface area contributed by atoms with Gasteiger partial charge in [-0.2, -0.15) is 0 Å². The molecule has 0 spiro atoms. The lowest BCUT2D eigenvalue weighted by molar-refractivity contribution is -0.121. The Bertz CT molecular complexity index is 477. The molecule has 1 aliphatic rings. The number of ether oxygens (including phenoxy) is 1. The molecule has 0 radical (unpaired) electrons. The molecule has 0 aromatic heterocycles. The van der Waals surface area contributed by atoms with Gasteiger partial charge in [0.15, 0.2) is 0 Å². The van der Waals surface area contributed by atoms with E-state index in [-0.39, 0.29) is 5.91 Å². The highest BCUT2D eigenvalue weighted by Crippen LogP contribution is 2.23. The highest BCUT2D eigenvalue weighted by molar-refractivity contribution is 6.42. The summed E-state index contributed by atoms with van der Waals surface area (Å²) >= 11 is 11.8. The molecule has 1 N–H and O–H groups in total. The topological polar surface area (TPSA) is 41.6 Å². The molecule has 1 aliphatic heterocycles. The average Bonchev–Trinajstić information content (AvgIpc) is 2.49. The second kappa shape index (κ2) is 8.59. The molecule has 1 saturated heterocycles. The van der Waals surface area contributed by atoms with Crippen LogP contribution in [-0.4, -0.2) is 50.2 Å². The SMILES string of the molecule is O=C(CCc1ccc(Cl)c(Cl)c1)NCCN1CCOCC1. The number of hydrogen-bond acceptors (Lipinski definition) is 3. The van der Waals surface area contributed by atoms with E-state index in [1.54, 1.807) is 6.07 Å². The molecule has 6 heteroatoms. The number of morpholine rings is 1. The summed E-state index contributed by atoms with van der Waals surface area (Å²) < 4.78 is 5.28. The van der Waals surface area contributed by atoms with Crippen LogP contribution in [0.4, 0.5) is 0 Å². The van der Waals surface area contributed by atoms with Crippen LogP contribution in [0.1, 0.15) is 12.0 Å². The molecule has 1 amide bonds. The minimum Gasteiger partial charge on any atom is -0.379 e. The van der Waals surface area contributed by atoms with Crippen molar-refractivity contribution in [2.75, 3.05) is 39.4 Å². The maximum atomic E-state index is 11.8. The zero-order valence-electron chi connectivity index (χ0n) is 11.9. The van der Waals surface area contributed by atoms with E-state index in [1.165, 1.54) is 0 Å². The van der Waals surface area contributed by atoms with Crippen LogP contribution in [0.25, 0.3) is 0 Å². The maximum Gasteiger partial charge on any atom is 0.220 e. The zero-order valence-corrected chi connectivity index (χ0v) is 13.4. The fourth-order valence-electron chi connectivity index (χ4n) is 2.22. The lowest BCUT2D eigenvalue weighted by Gasteiger charge is -2.26. The van der Waals surface area contributed by atoms with Crippen LogP contribution in [0.3, 0.4) is 0 Å². The third kappa shape index (κ3) is 5.83. The number of carbonyl (C=O) groups is 1. The molecule has 0 bridgehead atoms. The van der Waals surface area contributed by atoms with Gasteiger partial charge >= 0.3 is 0 Å². The first kappa shape index (κ1) is 16.6. The number of benzene rings is 1. The number of halogens is 2. The first-order chi connectivity index (χ1) is 10.1. The molecule has 2 rings (SSSR count). The molecule has 1 aromatic carbocycles. The van der Waals surface area contributed by atoms with E-state index in [1.807, 2.05) is 12.1 Å². The molecule has 1 fully saturated rings. The standard InChI is InChI=1S/C15H20Cl2N2O2/c16-13-3-1-12(11-14(13)17)2-4-15(20)18-5-6-19-7-9-21-10-8-19/h1,3,11H,2,4-10H2,(H,18,20). The van der Waals surface area contributed by atoms with Gasteiger partial charge < -0.3 is 10.1 Å². The molecule has 0 atom stereocenters. The Morgan fingerprint density at radius 2 is 2.00 bits per heavy atom. The molecule has 21 heavy (non-hydrogen) atoms. The lowest BCUT2D eigenvalue weighted by Crippen LogP contribution is -2.41. The summed E-state index contributed by atoms with van der Waals surface area (Å²) in [4.78, 5) is 14.1. The van der Waals surface area contributed by atoms with Crippen molar-refractivity contribution in [1.82, 2.24) is 10.2 Å². The highest BCUT2D eigenvalue weighted by Gasteiger charge is 2.10. The van der Waals surface area contributed by atoms with Crippen LogP contribution in [0.2, 0.25) is 10.0 Å². The van der Waals surface area contributed by atoms with E-state index < -0.39 is 0 Å². The van der Waals surface area contributed by atoms with Crippen LogP contribution in [0, 0.1) is 0 Å². The van der Waals surface area contributed by atoms with Crippen molar-refractivity contribution in [3.05, 3.63) is 33.8 Å². The molecule has 0 unspecified atom stereocenters. The van der Waals surface area contributed by atoms with Crippen LogP contribution in [0.15, 0.2) is 18.2 Å². The number of rotatable bonds is 6. The highest BCUT2D eigenvalue weighted by atomic mass is 35.5. The Hall–Kier alpha value is -0.810. The predicted molar refractivity (Wildman–Crippen MR) is 85.1 cm³/mol. The van der Waals surface area contributed by atoms with E-state index in [9.17, 15) is 4.79 Å². The minimum atomic E-state index is 0.0642. The third-order valence-electron chi connectivity index (χ3n) is 3.48. The Morgan fingerprint density at radius 1 is 1.24 bits per heavy atom. The summed E-state index contributed by atoms with van der Waals surface area (Å²) in [6, 6.07) is 5.47. The average molecular weight is 331 g/mol. The van der Waals surface area contributed by atoms with E-state index in [0.717, 1.165) is 38.4 Å². The maximum absolute atomic E-state index is 11.8. The molecule has 4 nitrogen and oxygen atoms in total. The molecular weight excluding hydrogens is 311 g/mol. The Morgan fingerprint density at radius 3 is 2.71 bits per heavy atom. The van der Waals surface area contributed by atoms with Crippen LogP contribution in [-0.2, 0) is 16.0 Å². The van der Waals surface area contributed by atoms with Crippen molar-refractivity contribution in [2.24, 2.45) is 0 Å². The first-order valence-electron chi connectivity index (χ1n) is 7.16. The van der Waals surface area contributed by atoms with E-state index >= 15 is 0 Å². The second-order valence-electron chi connectivity index (χ2n) is 5.05. The summed E-state index contributed by atoms with van der Waals surface area (Å²) in [7, 11) is 0. The summed E-state index contributed by atoms with van der Waals surface area (Å²) in [5.74, 6) is 0.0642. The van der Waals surface area contributed by atoms with Crippen molar-refractivity contribution >= 4 is 29.1 Å². The van der Waals surface area contributed by atoms with Gasteiger partial charge in [-0.05, 0) is 24.1 Å². The molecule has 0 aliphatic carbocycles. The van der Waals surface area contributed by atoms with Crippen molar-refractivity contribution in [1.29, 1.82) is 0 Å². The number of hydrogen-bond donors (Lipinski definition) is 1. The molecule has 1 heterocycles. The Labute approximate surface area is 135 Å². The molecule has 0 saturated carbocycles. The molecule has 116 valence electrons. The monoisotopic (exact) mass is 330 g/mol. The van der Waals surface area contributed by atoms with Gasteiger partial charge in [0.2, 0.25) is 5.91 Å². The first-order valence-corrected chi connectivity index (χ1v) is 7.91. The lowest BCUT2D eigenvalue weighted by atomic mass is 10.1. The molecular formula is C15H20Cl2N2O2. The Kier molecular flexibility index (Phi) is 6.77. The Balaban J connectivity index is 1.63. The van der Waals surface area contributed by atoms with Crippen molar-refractivity contribution in [2.45, 2.75) is 12.8 Å². The smallest absolute Gasteiger partial charge is 0.220 e. The van der Waals surface area contributed by atoms with Crippen molar-refractivity contribution in [3.63, 3.8) is 0 Å². The fourth-order valence-corrected chi connectivity index (χ4v) is 2.54. The van der Waals surface area contributed by atoms with Gasteiger partial charge in [-0.3, -0.25) is 9.69 Å². The summed E-state index contributed by atoms with van der Waals surface area (Å²) in [5.41, 5.74) is 1.02. The van der Waals surface area contributed by atoms with Gasteiger partial charge in [-0.1, -0.05) is 29.3 Å². The minimum absolute atomic E-state index is 0.0642. The number of amides is 1. The van der Waals surface area contributed by atoms with Crippen LogP contribution >= 0.6 is 23.2 Å². The molecule has 1 aromatic rings. The van der Waals surface area contributed by atoms with Gasteiger partial charge in [-0.25, -0.2) is 0 Å². The van der Waals surface area contributed by atoms with Crippen molar-refractivity contribution in [3.8, 4) is 0 Å². The summed E-state index contributed by atoms with van der Waals surface area (Å²) in [5, 5.41) is 4.01. The van der Waals surface area contributed by atoms with Gasteiger partial charge in [-0.15, -0.1) is 0 Å². The van der Waals surface area contributed by atoms with E-state index in [2.05, 4.69) is 10.2 Å². The predicted octanol–water partition coefficient (Wildman–Crippen LogP) is 2.37.